The summed E-state index contributed by atoms with van der Waals surface area (Å²) in [4.78, 5) is 18.4. The van der Waals surface area contributed by atoms with Crippen molar-refractivity contribution >= 4 is 35.1 Å². The Morgan fingerprint density at radius 2 is 1.43 bits per heavy atom. The summed E-state index contributed by atoms with van der Waals surface area (Å²) in [5.41, 5.74) is 2.06. The summed E-state index contributed by atoms with van der Waals surface area (Å²) in [5, 5.41) is 16.3. The largest absolute Gasteiger partial charge is 0.481 e. The van der Waals surface area contributed by atoms with E-state index in [0.717, 1.165) is 18.1 Å². The molecule has 0 spiro atoms. The number of hydrogen-bond donors (Lipinski definition) is 2. The number of rotatable bonds is 2. The third-order valence-corrected chi connectivity index (χ3v) is 3.16. The van der Waals surface area contributed by atoms with Crippen LogP contribution in [0.15, 0.2) is 48.5 Å². The molecule has 0 aromatic heterocycles. The zero-order valence-electron chi connectivity index (χ0n) is 12.8. The second-order valence-corrected chi connectivity index (χ2v) is 5.02. The molecule has 2 rings (SSSR count). The van der Waals surface area contributed by atoms with Gasteiger partial charge in [0.1, 0.15) is 0 Å². The van der Waals surface area contributed by atoms with Crippen LogP contribution in [0.4, 0.5) is 0 Å². The average molecular weight is 357 g/mol. The zero-order chi connectivity index (χ0) is 17.8. The minimum Gasteiger partial charge on any atom is -0.481 e. The number of benzene rings is 2. The molecule has 0 aliphatic carbocycles. The van der Waals surface area contributed by atoms with Crippen molar-refractivity contribution in [3.05, 3.63) is 58.6 Å². The molecular weight excluding hydrogens is 339 g/mol. The lowest BCUT2D eigenvalue weighted by atomic mass is 10.1. The first-order valence-electron chi connectivity index (χ1n) is 6.70. The molecule has 6 heteroatoms. The van der Waals surface area contributed by atoms with Gasteiger partial charge >= 0.3 is 5.97 Å². The molecular formula is C17H18Cl2O4. The first kappa shape index (κ1) is 21.0. The van der Waals surface area contributed by atoms with Crippen LogP contribution in [0.2, 0.25) is 10.0 Å². The Morgan fingerprint density at radius 3 is 1.87 bits per heavy atom. The van der Waals surface area contributed by atoms with Gasteiger partial charge in [0.15, 0.2) is 0 Å². The Hall–Kier alpha value is -2.04. The zero-order valence-corrected chi connectivity index (χ0v) is 14.3. The fraction of sp³-hybridized carbons (Fsp3) is 0.176. The van der Waals surface area contributed by atoms with Crippen molar-refractivity contribution < 1.29 is 19.8 Å². The molecule has 2 aromatic rings. The lowest BCUT2D eigenvalue weighted by Crippen LogP contribution is -1.86. The van der Waals surface area contributed by atoms with Crippen molar-refractivity contribution in [2.24, 2.45) is 0 Å². The van der Waals surface area contributed by atoms with Crippen LogP contribution in [0.5, 0.6) is 0 Å². The van der Waals surface area contributed by atoms with E-state index in [1.807, 2.05) is 42.5 Å². The Labute approximate surface area is 145 Å². The van der Waals surface area contributed by atoms with Crippen molar-refractivity contribution in [2.75, 3.05) is 0 Å². The van der Waals surface area contributed by atoms with Gasteiger partial charge in [0.2, 0.25) is 0 Å². The molecule has 0 saturated heterocycles. The molecule has 0 heterocycles. The second-order valence-electron chi connectivity index (χ2n) is 4.23. The highest BCUT2D eigenvalue weighted by molar-refractivity contribution is 6.43. The topological polar surface area (TPSA) is 74.6 Å². The van der Waals surface area contributed by atoms with E-state index in [1.165, 1.54) is 0 Å². The summed E-state index contributed by atoms with van der Waals surface area (Å²) in [6.45, 7) is 2.68. The number of hydrogen-bond acceptors (Lipinski definition) is 2. The highest BCUT2D eigenvalue weighted by Crippen LogP contribution is 2.32. The maximum atomic E-state index is 9.37. The van der Waals surface area contributed by atoms with Gasteiger partial charge in [-0.15, -0.1) is 0 Å². The number of carbonyl (C=O) groups is 2. The van der Waals surface area contributed by atoms with E-state index in [2.05, 4.69) is 0 Å². The third kappa shape index (κ3) is 9.55. The lowest BCUT2D eigenvalue weighted by molar-refractivity contribution is -0.137. The van der Waals surface area contributed by atoms with E-state index >= 15 is 0 Å². The van der Waals surface area contributed by atoms with Gasteiger partial charge < -0.3 is 10.2 Å². The minimum absolute atomic E-state index is 0.222. The smallest absolute Gasteiger partial charge is 0.303 e. The monoisotopic (exact) mass is 356 g/mol. The quantitative estimate of drug-likeness (QED) is 0.772. The molecule has 0 amide bonds. The van der Waals surface area contributed by atoms with Crippen molar-refractivity contribution in [3.63, 3.8) is 0 Å². The predicted octanol–water partition coefficient (Wildman–Crippen LogP) is 5.23. The second kappa shape index (κ2) is 11.5. The Morgan fingerprint density at radius 1 is 0.957 bits per heavy atom. The summed E-state index contributed by atoms with van der Waals surface area (Å²) < 4.78 is 0. The van der Waals surface area contributed by atoms with E-state index in [0.29, 0.717) is 10.0 Å². The van der Waals surface area contributed by atoms with Crippen LogP contribution < -0.4 is 0 Å². The van der Waals surface area contributed by atoms with Crippen LogP contribution >= 0.6 is 23.2 Å². The molecule has 2 aromatic carbocycles. The molecule has 23 heavy (non-hydrogen) atoms. The molecule has 2 N–H and O–H groups in total. The van der Waals surface area contributed by atoms with E-state index in [1.54, 1.807) is 13.0 Å². The molecule has 0 radical (unpaired) electrons. The SMILES string of the molecule is CC(=O)O.CCC(=O)O.Clc1cccc(-c2ccccc2)c1Cl. The molecule has 0 aliphatic rings. The van der Waals surface area contributed by atoms with Crippen molar-refractivity contribution in [1.29, 1.82) is 0 Å². The number of carboxylic acids is 2. The molecule has 0 aliphatic heterocycles. The van der Waals surface area contributed by atoms with Gasteiger partial charge in [-0.3, -0.25) is 9.59 Å². The molecule has 0 fully saturated rings. The van der Waals surface area contributed by atoms with Crippen molar-refractivity contribution in [1.82, 2.24) is 0 Å². The average Bonchev–Trinajstić information content (AvgIpc) is 2.51. The number of aliphatic carboxylic acids is 2. The summed E-state index contributed by atoms with van der Waals surface area (Å²) >= 11 is 12.0. The fourth-order valence-electron chi connectivity index (χ4n) is 1.34. The summed E-state index contributed by atoms with van der Waals surface area (Å²) in [5.74, 6) is -1.58. The number of halogens is 2. The van der Waals surface area contributed by atoms with Gasteiger partial charge in [-0.05, 0) is 11.6 Å². The predicted molar refractivity (Wildman–Crippen MR) is 93.1 cm³/mol. The van der Waals surface area contributed by atoms with Gasteiger partial charge in [-0.2, -0.15) is 0 Å². The summed E-state index contributed by atoms with van der Waals surface area (Å²) in [7, 11) is 0. The van der Waals surface area contributed by atoms with E-state index in [-0.39, 0.29) is 6.42 Å². The van der Waals surface area contributed by atoms with Crippen LogP contribution in [0.1, 0.15) is 20.3 Å². The van der Waals surface area contributed by atoms with Crippen molar-refractivity contribution in [2.45, 2.75) is 20.3 Å². The van der Waals surface area contributed by atoms with Crippen LogP contribution in [0.3, 0.4) is 0 Å². The van der Waals surface area contributed by atoms with Crippen LogP contribution in [-0.4, -0.2) is 22.2 Å². The van der Waals surface area contributed by atoms with Gasteiger partial charge in [0, 0.05) is 18.9 Å². The van der Waals surface area contributed by atoms with E-state index < -0.39 is 11.9 Å². The van der Waals surface area contributed by atoms with E-state index in [9.17, 15) is 4.79 Å². The maximum Gasteiger partial charge on any atom is 0.303 e. The molecule has 0 bridgehead atoms. The third-order valence-electron chi connectivity index (χ3n) is 2.34. The van der Waals surface area contributed by atoms with Crippen molar-refractivity contribution in [3.8, 4) is 11.1 Å². The standard InChI is InChI=1S/C12H8Cl2.C3H6O2.C2H4O2/c13-11-8-4-7-10(12(11)14)9-5-2-1-3-6-9;1-2-3(4)5;1-2(3)4/h1-8H;2H2,1H3,(H,4,5);1H3,(H,3,4). The highest BCUT2D eigenvalue weighted by atomic mass is 35.5. The molecule has 4 nitrogen and oxygen atoms in total. The fourth-order valence-corrected chi connectivity index (χ4v) is 1.75. The highest BCUT2D eigenvalue weighted by Gasteiger charge is 2.05. The molecule has 0 atom stereocenters. The first-order chi connectivity index (χ1) is 10.8. The molecule has 124 valence electrons. The Kier molecular flexibility index (Phi) is 10.5. The van der Waals surface area contributed by atoms with Crippen LogP contribution in [0.25, 0.3) is 11.1 Å². The Bertz CT molecular complexity index is 624. The van der Waals surface area contributed by atoms with Crippen LogP contribution in [0, 0.1) is 0 Å². The van der Waals surface area contributed by atoms with Gasteiger partial charge in [0.05, 0.1) is 10.0 Å². The lowest BCUT2D eigenvalue weighted by Gasteiger charge is -2.04. The molecule has 0 unspecified atom stereocenters. The maximum absolute atomic E-state index is 9.37. The summed E-state index contributed by atoms with van der Waals surface area (Å²) in [6.07, 6.45) is 0.222. The van der Waals surface area contributed by atoms with Gasteiger partial charge in [-0.25, -0.2) is 0 Å². The Balaban J connectivity index is 0.000000450. The van der Waals surface area contributed by atoms with Crippen LogP contribution in [-0.2, 0) is 9.59 Å². The van der Waals surface area contributed by atoms with Gasteiger partial charge in [0.25, 0.3) is 5.97 Å². The van der Waals surface area contributed by atoms with Gasteiger partial charge in [-0.1, -0.05) is 72.6 Å². The minimum atomic E-state index is -0.833. The number of carboxylic acid groups (broad SMARTS) is 2. The first-order valence-corrected chi connectivity index (χ1v) is 7.45. The van der Waals surface area contributed by atoms with E-state index in [4.69, 9.17) is 38.2 Å². The summed E-state index contributed by atoms with van der Waals surface area (Å²) in [6, 6.07) is 15.6. The normalized spacial score (nSPS) is 8.87. The molecule has 0 saturated carbocycles.